The number of azo groups is 2. The number of phenols is 4. The van der Waals surface area contributed by atoms with Gasteiger partial charge in [-0.05, 0) is 47.2 Å². The number of fused-ring (bicyclic) bond motifs is 2. The average molecular weight is 672 g/mol. The fourth-order valence-corrected chi connectivity index (χ4v) is 4.00. The number of nitro groups is 1. The van der Waals surface area contributed by atoms with Gasteiger partial charge in [0.2, 0.25) is 0 Å². The first-order valence-corrected chi connectivity index (χ1v) is 14.1. The normalized spacial score (nSPS) is 10.2. The summed E-state index contributed by atoms with van der Waals surface area (Å²) in [5.41, 5.74) is 1.51. The molecule has 0 amide bonds. The number of nitrogens with zero attached hydrogens (tertiary/aromatic N) is 5. The molecule has 0 bridgehead atoms. The summed E-state index contributed by atoms with van der Waals surface area (Å²) in [5, 5.41) is 67.7. The minimum atomic E-state index is -0.500. The Morgan fingerprint density at radius 2 is 0.809 bits per heavy atom. The summed E-state index contributed by atoms with van der Waals surface area (Å²) >= 11 is 0. The average Bonchev–Trinajstić information content (AvgIpc) is 3.06. The van der Waals surface area contributed by atoms with E-state index < -0.39 is 4.92 Å². The zero-order valence-electron chi connectivity index (χ0n) is 25.8. The van der Waals surface area contributed by atoms with E-state index in [0.29, 0.717) is 22.7 Å². The molecule has 0 aliphatic rings. The zero-order valence-corrected chi connectivity index (χ0v) is 27.1. The predicted molar refractivity (Wildman–Crippen MR) is 180 cm³/mol. The van der Waals surface area contributed by atoms with Gasteiger partial charge in [-0.1, -0.05) is 98.8 Å². The van der Waals surface area contributed by atoms with E-state index in [2.05, 4.69) is 20.5 Å². The standard InChI is InChI=1S/2C16H12N2O2.C2H6.CH3NO2.Cr/c2*19-14-8-4-3-7-13(14)17-18-16-12-6-2-1-5-11(12)9-10-15(16)20;1-2;1-2(3)4;/h2*1-10,19-20H;1-2H3;1H3;. The number of hydrogen-bond acceptors (Lipinski definition) is 10. The molecule has 0 saturated carbocycles. The molecule has 0 radical (unpaired) electrons. The molecular weight excluding hydrogens is 638 g/mol. The third-order valence-corrected chi connectivity index (χ3v) is 6.04. The Bertz CT molecular complexity index is 1840. The van der Waals surface area contributed by atoms with Crippen molar-refractivity contribution in [2.45, 2.75) is 13.8 Å². The molecule has 0 saturated heterocycles. The van der Waals surface area contributed by atoms with Crippen LogP contribution in [0.25, 0.3) is 21.5 Å². The van der Waals surface area contributed by atoms with Crippen LogP contribution in [-0.4, -0.2) is 32.4 Å². The topological polar surface area (TPSA) is 174 Å². The quantitative estimate of drug-likeness (QED) is 0.0824. The summed E-state index contributed by atoms with van der Waals surface area (Å²) in [6.45, 7) is 4.00. The molecule has 0 fully saturated rings. The molecule has 6 rings (SSSR count). The van der Waals surface area contributed by atoms with Crippen LogP contribution in [0.1, 0.15) is 13.8 Å². The maximum Gasteiger partial charge on any atom is 0.194 e. The van der Waals surface area contributed by atoms with Gasteiger partial charge in [0.1, 0.15) is 45.7 Å². The van der Waals surface area contributed by atoms with Crippen LogP contribution in [0, 0.1) is 10.1 Å². The van der Waals surface area contributed by atoms with E-state index in [4.69, 9.17) is 10.1 Å². The van der Waals surface area contributed by atoms with Gasteiger partial charge in [-0.25, -0.2) is 0 Å². The van der Waals surface area contributed by atoms with Crippen LogP contribution < -0.4 is 0 Å². The molecule has 0 spiro atoms. The van der Waals surface area contributed by atoms with Crippen LogP contribution in [-0.2, 0) is 17.4 Å². The summed E-state index contributed by atoms with van der Waals surface area (Å²) in [6, 6.07) is 35.4. The molecule has 4 N–H and O–H groups in total. The van der Waals surface area contributed by atoms with Crippen molar-refractivity contribution in [2.24, 2.45) is 20.5 Å². The van der Waals surface area contributed by atoms with Crippen molar-refractivity contribution in [1.82, 2.24) is 0 Å². The Morgan fingerprint density at radius 1 is 0.489 bits per heavy atom. The summed E-state index contributed by atoms with van der Waals surface area (Å²) in [4.78, 5) is 8.31. The Kier molecular flexibility index (Phi) is 15.0. The van der Waals surface area contributed by atoms with E-state index in [-0.39, 0.29) is 40.4 Å². The fourth-order valence-electron chi connectivity index (χ4n) is 4.00. The van der Waals surface area contributed by atoms with E-state index >= 15 is 0 Å². The number of rotatable bonds is 4. The van der Waals surface area contributed by atoms with Crippen molar-refractivity contribution in [3.05, 3.63) is 131 Å². The second kappa shape index (κ2) is 18.9. The van der Waals surface area contributed by atoms with E-state index in [1.165, 1.54) is 12.1 Å². The number of benzene rings is 6. The minimum absolute atomic E-state index is 0. The van der Waals surface area contributed by atoms with Crippen LogP contribution in [0.2, 0.25) is 0 Å². The molecule has 0 aliphatic carbocycles. The molecule has 11 nitrogen and oxygen atoms in total. The maximum absolute atomic E-state index is 9.94. The Labute approximate surface area is 282 Å². The molecule has 0 unspecified atom stereocenters. The van der Waals surface area contributed by atoms with Crippen LogP contribution in [0.15, 0.2) is 142 Å². The molecule has 0 aliphatic heterocycles. The zero-order chi connectivity index (χ0) is 33.5. The molecular formula is C35H33CrN5O6. The molecule has 47 heavy (non-hydrogen) atoms. The first-order chi connectivity index (χ1) is 22.2. The van der Waals surface area contributed by atoms with Crippen molar-refractivity contribution in [3.63, 3.8) is 0 Å². The van der Waals surface area contributed by atoms with Gasteiger partial charge in [0, 0.05) is 33.1 Å². The van der Waals surface area contributed by atoms with Crippen LogP contribution in [0.5, 0.6) is 23.0 Å². The van der Waals surface area contributed by atoms with Crippen LogP contribution in [0.4, 0.5) is 22.7 Å². The summed E-state index contributed by atoms with van der Waals surface area (Å²) in [7, 11) is 0.889. The SMILES string of the molecule is CC.C[N+](=O)[O-].Oc1ccccc1N=Nc1c(O)ccc2ccccc12.Oc1ccccc1N=Nc1c(O)ccc2ccccc12.[Cr]. The summed E-state index contributed by atoms with van der Waals surface area (Å²) < 4.78 is 0. The van der Waals surface area contributed by atoms with Gasteiger partial charge in [-0.15, -0.1) is 20.5 Å². The van der Waals surface area contributed by atoms with Crippen molar-refractivity contribution in [3.8, 4) is 23.0 Å². The van der Waals surface area contributed by atoms with Gasteiger partial charge < -0.3 is 20.4 Å². The van der Waals surface area contributed by atoms with Crippen LogP contribution >= 0.6 is 0 Å². The smallest absolute Gasteiger partial charge is 0.194 e. The van der Waals surface area contributed by atoms with Gasteiger partial charge in [-0.2, -0.15) is 0 Å². The van der Waals surface area contributed by atoms with Crippen molar-refractivity contribution < 1.29 is 42.7 Å². The van der Waals surface area contributed by atoms with Crippen molar-refractivity contribution in [1.29, 1.82) is 0 Å². The van der Waals surface area contributed by atoms with E-state index in [1.54, 1.807) is 48.5 Å². The summed E-state index contributed by atoms with van der Waals surface area (Å²) in [6.07, 6.45) is 0. The molecule has 12 heteroatoms. The third kappa shape index (κ3) is 10.6. The van der Waals surface area contributed by atoms with E-state index in [1.807, 2.05) is 74.5 Å². The number of aromatic hydroxyl groups is 4. The molecule has 0 aromatic heterocycles. The molecule has 0 atom stereocenters. The molecule has 0 heterocycles. The maximum atomic E-state index is 9.94. The van der Waals surface area contributed by atoms with Crippen molar-refractivity contribution in [2.75, 3.05) is 7.05 Å². The third-order valence-electron chi connectivity index (χ3n) is 6.04. The van der Waals surface area contributed by atoms with Gasteiger partial charge in [0.15, 0.2) is 7.05 Å². The molecule has 6 aromatic rings. The van der Waals surface area contributed by atoms with Gasteiger partial charge in [0.25, 0.3) is 0 Å². The second-order valence-corrected chi connectivity index (χ2v) is 9.13. The van der Waals surface area contributed by atoms with Crippen LogP contribution in [0.3, 0.4) is 0 Å². The van der Waals surface area contributed by atoms with E-state index in [9.17, 15) is 20.4 Å². The largest absolute Gasteiger partial charge is 0.506 e. The van der Waals surface area contributed by atoms with E-state index in [0.717, 1.165) is 28.6 Å². The Balaban J connectivity index is 0.000000275. The minimum Gasteiger partial charge on any atom is -0.506 e. The number of phenolic OH excluding ortho intramolecular Hbond substituents is 4. The first-order valence-electron chi connectivity index (χ1n) is 14.1. The monoisotopic (exact) mass is 671 g/mol. The Hall–Kier alpha value is -5.83. The molecule has 240 valence electrons. The van der Waals surface area contributed by atoms with Crippen molar-refractivity contribution >= 4 is 44.3 Å². The second-order valence-electron chi connectivity index (χ2n) is 9.13. The number of hydrogen-bond donors (Lipinski definition) is 4. The first kappa shape index (κ1) is 37.4. The summed E-state index contributed by atoms with van der Waals surface area (Å²) in [5.74, 6) is 0.220. The van der Waals surface area contributed by atoms with Gasteiger partial charge in [-0.3, -0.25) is 10.1 Å². The Morgan fingerprint density at radius 3 is 1.17 bits per heavy atom. The predicted octanol–water partition coefficient (Wildman–Crippen LogP) is 10.2. The van der Waals surface area contributed by atoms with Gasteiger partial charge >= 0.3 is 0 Å². The fraction of sp³-hybridized carbons (Fsp3) is 0.0857. The molecule has 6 aromatic carbocycles. The van der Waals surface area contributed by atoms with Gasteiger partial charge in [0.05, 0.1) is 0 Å². The number of para-hydroxylation sites is 2.